The molecule has 5 nitrogen and oxygen atoms in total. The van der Waals surface area contributed by atoms with Gasteiger partial charge in [0.1, 0.15) is 0 Å². The number of rotatable bonds is 3. The van der Waals surface area contributed by atoms with Crippen molar-refractivity contribution >= 4 is 11.8 Å². The maximum atomic E-state index is 13.0. The van der Waals surface area contributed by atoms with Crippen molar-refractivity contribution < 1.29 is 9.59 Å². The molecule has 1 unspecified atom stereocenters. The molecule has 2 amide bonds. The molecule has 2 fully saturated rings. The summed E-state index contributed by atoms with van der Waals surface area (Å²) >= 11 is 0. The predicted molar refractivity (Wildman–Crippen MR) is 82.6 cm³/mol. The van der Waals surface area contributed by atoms with Crippen molar-refractivity contribution in [2.75, 3.05) is 26.7 Å². The Kier molecular flexibility index (Phi) is 4.91. The number of carbonyl (C=O) groups excluding carboxylic acids is 2. The third-order valence-corrected chi connectivity index (χ3v) is 5.44. The molecule has 2 aliphatic rings. The van der Waals surface area contributed by atoms with Crippen LogP contribution in [-0.2, 0) is 9.59 Å². The molecule has 0 aromatic heterocycles. The summed E-state index contributed by atoms with van der Waals surface area (Å²) in [6.45, 7) is 3.57. The van der Waals surface area contributed by atoms with Gasteiger partial charge in [-0.1, -0.05) is 25.7 Å². The Bertz CT molecular complexity index is 402. The molecule has 1 aliphatic carbocycles. The van der Waals surface area contributed by atoms with Gasteiger partial charge < -0.3 is 16.0 Å². The van der Waals surface area contributed by atoms with Gasteiger partial charge in [-0.15, -0.1) is 0 Å². The smallest absolute Gasteiger partial charge is 0.230 e. The second-order valence-corrected chi connectivity index (χ2v) is 7.02. The molecule has 1 saturated heterocycles. The van der Waals surface area contributed by atoms with Gasteiger partial charge in [0.2, 0.25) is 11.8 Å². The van der Waals surface area contributed by atoms with E-state index < -0.39 is 5.41 Å². The Hall–Kier alpha value is -1.10. The van der Waals surface area contributed by atoms with Crippen LogP contribution in [0.15, 0.2) is 0 Å². The Morgan fingerprint density at radius 1 is 1.14 bits per heavy atom. The lowest BCUT2D eigenvalue weighted by Crippen LogP contribution is -2.48. The molecule has 5 heteroatoms. The minimum absolute atomic E-state index is 0.0282. The minimum Gasteiger partial charge on any atom is -0.359 e. The first-order chi connectivity index (χ1) is 9.97. The Balaban J connectivity index is 2.10. The van der Waals surface area contributed by atoms with E-state index in [-0.39, 0.29) is 17.2 Å². The van der Waals surface area contributed by atoms with Crippen LogP contribution in [0.5, 0.6) is 0 Å². The van der Waals surface area contributed by atoms with Gasteiger partial charge in [-0.25, -0.2) is 0 Å². The fourth-order valence-corrected chi connectivity index (χ4v) is 3.87. The molecule has 120 valence electrons. The maximum Gasteiger partial charge on any atom is 0.230 e. The van der Waals surface area contributed by atoms with Gasteiger partial charge in [0.25, 0.3) is 0 Å². The zero-order valence-electron chi connectivity index (χ0n) is 13.4. The molecule has 1 heterocycles. The quantitative estimate of drug-likeness (QED) is 0.770. The largest absolute Gasteiger partial charge is 0.359 e. The number of nitrogens with two attached hydrogens (primary N) is 1. The lowest BCUT2D eigenvalue weighted by atomic mass is 9.79. The van der Waals surface area contributed by atoms with E-state index in [4.69, 9.17) is 5.73 Å². The topological polar surface area (TPSA) is 75.4 Å². The Morgan fingerprint density at radius 2 is 1.76 bits per heavy atom. The summed E-state index contributed by atoms with van der Waals surface area (Å²) in [6, 6.07) is 0. The van der Waals surface area contributed by atoms with Crippen molar-refractivity contribution in [1.29, 1.82) is 0 Å². The summed E-state index contributed by atoms with van der Waals surface area (Å²) in [5, 5.41) is 2.72. The molecule has 1 aliphatic heterocycles. The number of nitrogens with zero attached hydrogens (tertiary/aromatic N) is 1. The second kappa shape index (κ2) is 6.34. The van der Waals surface area contributed by atoms with E-state index in [0.717, 1.165) is 32.1 Å². The van der Waals surface area contributed by atoms with Gasteiger partial charge >= 0.3 is 0 Å². The number of hydrogen-bond acceptors (Lipinski definition) is 3. The first kappa shape index (κ1) is 16.3. The van der Waals surface area contributed by atoms with Crippen LogP contribution in [0.4, 0.5) is 0 Å². The van der Waals surface area contributed by atoms with E-state index in [0.29, 0.717) is 19.6 Å². The summed E-state index contributed by atoms with van der Waals surface area (Å²) in [4.78, 5) is 26.9. The highest BCUT2D eigenvalue weighted by Crippen LogP contribution is 2.39. The summed E-state index contributed by atoms with van der Waals surface area (Å²) in [5.41, 5.74) is 5.17. The molecule has 0 radical (unpaired) electrons. The van der Waals surface area contributed by atoms with Gasteiger partial charge in [-0.05, 0) is 26.2 Å². The maximum absolute atomic E-state index is 13.0. The van der Waals surface area contributed by atoms with E-state index in [9.17, 15) is 9.59 Å². The summed E-state index contributed by atoms with van der Waals surface area (Å²) < 4.78 is 0. The minimum atomic E-state index is -0.453. The average molecular weight is 295 g/mol. The highest BCUT2D eigenvalue weighted by atomic mass is 16.2. The van der Waals surface area contributed by atoms with Crippen LogP contribution in [0.25, 0.3) is 0 Å². The molecule has 0 bridgehead atoms. The fraction of sp³-hybridized carbons (Fsp3) is 0.875. The molecule has 1 atom stereocenters. The van der Waals surface area contributed by atoms with E-state index >= 15 is 0 Å². The van der Waals surface area contributed by atoms with E-state index in [1.807, 2.05) is 11.8 Å². The lowest BCUT2D eigenvalue weighted by Gasteiger charge is -2.34. The van der Waals surface area contributed by atoms with Crippen LogP contribution in [0.3, 0.4) is 0 Å². The van der Waals surface area contributed by atoms with Crippen molar-refractivity contribution in [3.63, 3.8) is 0 Å². The number of carbonyl (C=O) groups is 2. The lowest BCUT2D eigenvalue weighted by molar-refractivity contribution is -0.142. The third kappa shape index (κ3) is 3.07. The first-order valence-electron chi connectivity index (χ1n) is 8.19. The zero-order valence-corrected chi connectivity index (χ0v) is 13.4. The third-order valence-electron chi connectivity index (χ3n) is 5.44. The average Bonchev–Trinajstić information content (AvgIpc) is 2.75. The van der Waals surface area contributed by atoms with Crippen LogP contribution < -0.4 is 11.1 Å². The Morgan fingerprint density at radius 3 is 2.29 bits per heavy atom. The molecule has 21 heavy (non-hydrogen) atoms. The van der Waals surface area contributed by atoms with Crippen molar-refractivity contribution in [3.05, 3.63) is 0 Å². The van der Waals surface area contributed by atoms with Crippen molar-refractivity contribution in [1.82, 2.24) is 10.2 Å². The highest BCUT2D eigenvalue weighted by Gasteiger charge is 2.47. The van der Waals surface area contributed by atoms with Crippen LogP contribution in [0.1, 0.15) is 51.9 Å². The number of likely N-dealkylation sites (tertiary alicyclic amines) is 1. The van der Waals surface area contributed by atoms with E-state index in [1.165, 1.54) is 12.8 Å². The molecule has 0 aromatic carbocycles. The second-order valence-electron chi connectivity index (χ2n) is 7.02. The molecule has 0 aromatic rings. The van der Waals surface area contributed by atoms with Gasteiger partial charge in [0, 0.05) is 26.7 Å². The monoisotopic (exact) mass is 295 g/mol. The van der Waals surface area contributed by atoms with Crippen molar-refractivity contribution in [3.8, 4) is 0 Å². The zero-order chi connectivity index (χ0) is 15.5. The van der Waals surface area contributed by atoms with E-state index in [1.54, 1.807) is 7.05 Å². The summed E-state index contributed by atoms with van der Waals surface area (Å²) in [5.74, 6) is 0.208. The van der Waals surface area contributed by atoms with Gasteiger partial charge in [0.15, 0.2) is 0 Å². The predicted octanol–water partition coefficient (Wildman–Crippen LogP) is 1.27. The van der Waals surface area contributed by atoms with Crippen LogP contribution >= 0.6 is 0 Å². The van der Waals surface area contributed by atoms with Crippen molar-refractivity contribution in [2.45, 2.75) is 51.9 Å². The van der Waals surface area contributed by atoms with Gasteiger partial charge in [0.05, 0.1) is 10.8 Å². The molecular weight excluding hydrogens is 266 g/mol. The van der Waals surface area contributed by atoms with Gasteiger partial charge in [-0.2, -0.15) is 0 Å². The molecule has 3 N–H and O–H groups in total. The normalized spacial score (nSPS) is 29.0. The first-order valence-corrected chi connectivity index (χ1v) is 8.19. The number of amides is 2. The van der Waals surface area contributed by atoms with Crippen LogP contribution in [0.2, 0.25) is 0 Å². The fourth-order valence-electron chi connectivity index (χ4n) is 3.87. The highest BCUT2D eigenvalue weighted by molar-refractivity contribution is 5.87. The summed E-state index contributed by atoms with van der Waals surface area (Å²) in [7, 11) is 1.66. The number of hydrogen-bond donors (Lipinski definition) is 2. The SMILES string of the molecule is CNC(=O)C1(C)CCN(C(=O)C2(CN)CCCCCC2)C1. The molecular formula is C16H29N3O2. The van der Waals surface area contributed by atoms with Crippen molar-refractivity contribution in [2.24, 2.45) is 16.6 Å². The van der Waals surface area contributed by atoms with Crippen LogP contribution in [-0.4, -0.2) is 43.4 Å². The molecule has 0 spiro atoms. The van der Waals surface area contributed by atoms with Gasteiger partial charge in [-0.3, -0.25) is 9.59 Å². The summed E-state index contributed by atoms with van der Waals surface area (Å²) in [6.07, 6.45) is 7.10. The standard InChI is InChI=1S/C16H29N3O2/c1-15(13(20)18-2)9-10-19(12-15)14(21)16(11-17)7-5-3-4-6-8-16/h3-12,17H2,1-2H3,(H,18,20). The molecule has 2 rings (SSSR count). The van der Waals surface area contributed by atoms with Crippen LogP contribution in [0, 0.1) is 10.8 Å². The molecule has 1 saturated carbocycles. The Labute approximate surface area is 127 Å². The van der Waals surface area contributed by atoms with E-state index in [2.05, 4.69) is 5.32 Å². The number of nitrogens with one attached hydrogen (secondary N) is 1.